The molecule has 1 saturated carbocycles. The smallest absolute Gasteiger partial charge is 0.0104 e. The van der Waals surface area contributed by atoms with Crippen LogP contribution in [0, 0.1) is 11.8 Å². The molecule has 2 fully saturated rings. The first-order chi connectivity index (χ1) is 8.83. The van der Waals surface area contributed by atoms with E-state index in [2.05, 4.69) is 24.2 Å². The van der Waals surface area contributed by atoms with Crippen molar-refractivity contribution in [3.05, 3.63) is 0 Å². The van der Waals surface area contributed by atoms with Gasteiger partial charge in [-0.3, -0.25) is 0 Å². The van der Waals surface area contributed by atoms with Crippen LogP contribution in [0.5, 0.6) is 0 Å². The van der Waals surface area contributed by atoms with Crippen LogP contribution in [0.4, 0.5) is 0 Å². The zero-order chi connectivity index (χ0) is 12.8. The minimum absolute atomic E-state index is 0.784. The Morgan fingerprint density at radius 1 is 1.06 bits per heavy atom. The highest BCUT2D eigenvalue weighted by molar-refractivity contribution is 4.83. The zero-order valence-corrected chi connectivity index (χ0v) is 12.5. The van der Waals surface area contributed by atoms with Crippen molar-refractivity contribution in [2.75, 3.05) is 26.7 Å². The number of nitrogens with zero attached hydrogens (tertiary/aromatic N) is 1. The highest BCUT2D eigenvalue weighted by Crippen LogP contribution is 2.27. The number of nitrogens with one attached hydrogen (secondary N) is 1. The summed E-state index contributed by atoms with van der Waals surface area (Å²) in [6.07, 6.45) is 11.4. The van der Waals surface area contributed by atoms with Crippen LogP contribution in [-0.2, 0) is 0 Å². The fourth-order valence-electron chi connectivity index (χ4n) is 4.00. The molecule has 0 aromatic rings. The van der Waals surface area contributed by atoms with Crippen LogP contribution in [0.25, 0.3) is 0 Å². The van der Waals surface area contributed by atoms with Gasteiger partial charge in [0.15, 0.2) is 0 Å². The van der Waals surface area contributed by atoms with Gasteiger partial charge in [0.1, 0.15) is 0 Å². The molecule has 1 aliphatic carbocycles. The third-order valence-corrected chi connectivity index (χ3v) is 5.18. The second-order valence-electron chi connectivity index (χ2n) is 6.47. The molecule has 0 amide bonds. The van der Waals surface area contributed by atoms with Crippen LogP contribution in [0.3, 0.4) is 0 Å². The van der Waals surface area contributed by atoms with Crippen LogP contribution < -0.4 is 5.32 Å². The third-order valence-electron chi connectivity index (χ3n) is 5.18. The molecule has 1 saturated heterocycles. The third kappa shape index (κ3) is 3.96. The standard InChI is InChI=1S/C16H32N2/c1-3-6-14-9-11-18(12-10-14)13-15-7-4-5-8-16(15)17-2/h14-17H,3-13H2,1-2H3. The lowest BCUT2D eigenvalue weighted by atomic mass is 9.83. The molecule has 2 aliphatic rings. The van der Waals surface area contributed by atoms with E-state index in [1.165, 1.54) is 71.0 Å². The SMILES string of the molecule is CCCC1CCN(CC2CCCCC2NC)CC1. The summed E-state index contributed by atoms with van der Waals surface area (Å²) < 4.78 is 0. The normalized spacial score (nSPS) is 31.7. The fraction of sp³-hybridized carbons (Fsp3) is 1.00. The molecule has 106 valence electrons. The Hall–Kier alpha value is -0.0800. The first kappa shape index (κ1) is 14.3. The second kappa shape index (κ2) is 7.49. The van der Waals surface area contributed by atoms with E-state index in [0.717, 1.165) is 17.9 Å². The van der Waals surface area contributed by atoms with Crippen LogP contribution in [-0.4, -0.2) is 37.6 Å². The molecule has 0 aromatic heterocycles. The Kier molecular flexibility index (Phi) is 5.97. The molecule has 2 atom stereocenters. The Balaban J connectivity index is 1.73. The predicted octanol–water partition coefficient (Wildman–Crippen LogP) is 3.28. The predicted molar refractivity (Wildman–Crippen MR) is 78.9 cm³/mol. The van der Waals surface area contributed by atoms with Crippen LogP contribution in [0.2, 0.25) is 0 Å². The summed E-state index contributed by atoms with van der Waals surface area (Å²) in [5.74, 6) is 1.93. The van der Waals surface area contributed by atoms with Crippen LogP contribution >= 0.6 is 0 Å². The van der Waals surface area contributed by atoms with E-state index >= 15 is 0 Å². The van der Waals surface area contributed by atoms with E-state index in [9.17, 15) is 0 Å². The highest BCUT2D eigenvalue weighted by atomic mass is 15.1. The molecule has 2 unspecified atom stereocenters. The number of likely N-dealkylation sites (tertiary alicyclic amines) is 1. The number of rotatable bonds is 5. The quantitative estimate of drug-likeness (QED) is 0.808. The van der Waals surface area contributed by atoms with Gasteiger partial charge in [0.2, 0.25) is 0 Å². The van der Waals surface area contributed by atoms with Gasteiger partial charge in [-0.05, 0) is 57.7 Å². The van der Waals surface area contributed by atoms with E-state index in [0.29, 0.717) is 0 Å². The van der Waals surface area contributed by atoms with Gasteiger partial charge in [-0.25, -0.2) is 0 Å². The van der Waals surface area contributed by atoms with E-state index in [4.69, 9.17) is 0 Å². The molecule has 1 N–H and O–H groups in total. The number of piperidine rings is 1. The lowest BCUT2D eigenvalue weighted by Gasteiger charge is -2.38. The van der Waals surface area contributed by atoms with Crippen molar-refractivity contribution in [3.8, 4) is 0 Å². The maximum atomic E-state index is 3.55. The van der Waals surface area contributed by atoms with E-state index in [1.54, 1.807) is 0 Å². The lowest BCUT2D eigenvalue weighted by molar-refractivity contribution is 0.127. The van der Waals surface area contributed by atoms with Gasteiger partial charge in [-0.1, -0.05) is 32.6 Å². The molecular weight excluding hydrogens is 220 g/mol. The molecule has 2 rings (SSSR count). The zero-order valence-electron chi connectivity index (χ0n) is 12.5. The van der Waals surface area contributed by atoms with Crippen molar-refractivity contribution in [3.63, 3.8) is 0 Å². The summed E-state index contributed by atoms with van der Waals surface area (Å²) >= 11 is 0. The van der Waals surface area contributed by atoms with Crippen molar-refractivity contribution in [1.82, 2.24) is 10.2 Å². The monoisotopic (exact) mass is 252 g/mol. The Morgan fingerprint density at radius 2 is 1.78 bits per heavy atom. The number of hydrogen-bond donors (Lipinski definition) is 1. The molecule has 2 nitrogen and oxygen atoms in total. The Labute approximate surface area is 114 Å². The average molecular weight is 252 g/mol. The average Bonchev–Trinajstić information content (AvgIpc) is 2.42. The van der Waals surface area contributed by atoms with Crippen molar-refractivity contribution in [2.45, 2.75) is 64.3 Å². The minimum atomic E-state index is 0.784. The summed E-state index contributed by atoms with van der Waals surface area (Å²) in [6, 6.07) is 0.784. The van der Waals surface area contributed by atoms with Gasteiger partial charge in [0.25, 0.3) is 0 Å². The van der Waals surface area contributed by atoms with Gasteiger partial charge >= 0.3 is 0 Å². The highest BCUT2D eigenvalue weighted by Gasteiger charge is 2.27. The summed E-state index contributed by atoms with van der Waals surface area (Å²) in [6.45, 7) is 6.39. The summed E-state index contributed by atoms with van der Waals surface area (Å²) in [5.41, 5.74) is 0. The first-order valence-corrected chi connectivity index (χ1v) is 8.23. The molecule has 0 spiro atoms. The van der Waals surface area contributed by atoms with Gasteiger partial charge in [-0.2, -0.15) is 0 Å². The van der Waals surface area contributed by atoms with E-state index in [1.807, 2.05) is 0 Å². The second-order valence-corrected chi connectivity index (χ2v) is 6.47. The lowest BCUT2D eigenvalue weighted by Crippen LogP contribution is -2.45. The molecule has 1 heterocycles. The number of hydrogen-bond acceptors (Lipinski definition) is 2. The fourth-order valence-corrected chi connectivity index (χ4v) is 4.00. The summed E-state index contributed by atoms with van der Waals surface area (Å²) in [7, 11) is 2.15. The van der Waals surface area contributed by atoms with Crippen molar-refractivity contribution < 1.29 is 0 Å². The van der Waals surface area contributed by atoms with Gasteiger partial charge in [0, 0.05) is 12.6 Å². The minimum Gasteiger partial charge on any atom is -0.317 e. The summed E-state index contributed by atoms with van der Waals surface area (Å²) in [5, 5.41) is 3.55. The van der Waals surface area contributed by atoms with E-state index in [-0.39, 0.29) is 0 Å². The van der Waals surface area contributed by atoms with Crippen LogP contribution in [0.15, 0.2) is 0 Å². The van der Waals surface area contributed by atoms with Gasteiger partial charge < -0.3 is 10.2 Å². The van der Waals surface area contributed by atoms with Gasteiger partial charge in [-0.15, -0.1) is 0 Å². The summed E-state index contributed by atoms with van der Waals surface area (Å²) in [4.78, 5) is 2.74. The molecule has 18 heavy (non-hydrogen) atoms. The molecule has 0 bridgehead atoms. The van der Waals surface area contributed by atoms with Crippen molar-refractivity contribution in [1.29, 1.82) is 0 Å². The Bertz CT molecular complexity index is 221. The molecule has 1 aliphatic heterocycles. The van der Waals surface area contributed by atoms with Crippen molar-refractivity contribution >= 4 is 0 Å². The maximum Gasteiger partial charge on any atom is 0.0104 e. The molecule has 0 aromatic carbocycles. The molecular formula is C16H32N2. The van der Waals surface area contributed by atoms with E-state index < -0.39 is 0 Å². The molecule has 2 heteroatoms. The van der Waals surface area contributed by atoms with Crippen LogP contribution in [0.1, 0.15) is 58.3 Å². The maximum absolute atomic E-state index is 3.55. The van der Waals surface area contributed by atoms with Gasteiger partial charge in [0.05, 0.1) is 0 Å². The molecule has 0 radical (unpaired) electrons. The first-order valence-electron chi connectivity index (χ1n) is 8.23. The largest absolute Gasteiger partial charge is 0.317 e. The van der Waals surface area contributed by atoms with Crippen molar-refractivity contribution in [2.24, 2.45) is 11.8 Å². The Morgan fingerprint density at radius 3 is 2.44 bits per heavy atom. The topological polar surface area (TPSA) is 15.3 Å².